The lowest BCUT2D eigenvalue weighted by Crippen LogP contribution is -2.30. The van der Waals surface area contributed by atoms with Gasteiger partial charge in [-0.2, -0.15) is 4.98 Å². The van der Waals surface area contributed by atoms with Crippen LogP contribution in [0.5, 0.6) is 5.75 Å². The van der Waals surface area contributed by atoms with Crippen LogP contribution in [-0.4, -0.2) is 29.8 Å². The highest BCUT2D eigenvalue weighted by molar-refractivity contribution is 5.20. The van der Waals surface area contributed by atoms with E-state index in [2.05, 4.69) is 15.5 Å². The first kappa shape index (κ1) is 14.1. The summed E-state index contributed by atoms with van der Waals surface area (Å²) in [5, 5.41) is 7.43. The molecule has 5 nitrogen and oxygen atoms in total. The number of hydrogen-bond acceptors (Lipinski definition) is 5. The molecule has 1 fully saturated rings. The maximum absolute atomic E-state index is 5.64. The predicted octanol–water partition coefficient (Wildman–Crippen LogP) is 2.23. The van der Waals surface area contributed by atoms with E-state index in [-0.39, 0.29) is 0 Å². The first-order chi connectivity index (χ1) is 10.4. The first-order valence-electron chi connectivity index (χ1n) is 7.60. The molecule has 112 valence electrons. The van der Waals surface area contributed by atoms with E-state index in [4.69, 9.17) is 9.26 Å². The summed E-state index contributed by atoms with van der Waals surface area (Å²) in [6.07, 6.45) is 4.01. The van der Waals surface area contributed by atoms with Crippen molar-refractivity contribution in [1.29, 1.82) is 0 Å². The lowest BCUT2D eigenvalue weighted by molar-refractivity contribution is 0.305. The summed E-state index contributed by atoms with van der Waals surface area (Å²) in [4.78, 5) is 4.45. The average molecular weight is 287 g/mol. The molecule has 1 aliphatic heterocycles. The van der Waals surface area contributed by atoms with E-state index in [9.17, 15) is 0 Å². The van der Waals surface area contributed by atoms with Gasteiger partial charge in [-0.05, 0) is 44.0 Å². The number of hydrogen-bond donors (Lipinski definition) is 1. The summed E-state index contributed by atoms with van der Waals surface area (Å²) < 4.78 is 11.0. The largest absolute Gasteiger partial charge is 0.493 e. The van der Waals surface area contributed by atoms with Gasteiger partial charge in [-0.15, -0.1) is 0 Å². The fourth-order valence-corrected chi connectivity index (χ4v) is 2.60. The van der Waals surface area contributed by atoms with Gasteiger partial charge in [-0.3, -0.25) is 0 Å². The van der Waals surface area contributed by atoms with E-state index in [1.165, 1.54) is 12.8 Å². The zero-order valence-corrected chi connectivity index (χ0v) is 12.1. The number of benzene rings is 1. The molecule has 1 saturated heterocycles. The van der Waals surface area contributed by atoms with Crippen LogP contribution in [0, 0.1) is 5.92 Å². The first-order valence-corrected chi connectivity index (χ1v) is 7.60. The second-order valence-electron chi connectivity index (χ2n) is 5.43. The lowest BCUT2D eigenvalue weighted by atomic mass is 9.96. The van der Waals surface area contributed by atoms with Crippen LogP contribution in [-0.2, 0) is 12.8 Å². The number of nitrogens with zero attached hydrogens (tertiary/aromatic N) is 2. The minimum atomic E-state index is 0.563. The van der Waals surface area contributed by atoms with Gasteiger partial charge in [0.05, 0.1) is 6.61 Å². The number of nitrogens with one attached hydrogen (secondary N) is 1. The second-order valence-corrected chi connectivity index (χ2v) is 5.43. The van der Waals surface area contributed by atoms with Crippen LogP contribution < -0.4 is 10.1 Å². The number of piperidine rings is 1. The third kappa shape index (κ3) is 4.29. The quantitative estimate of drug-likeness (QED) is 0.883. The van der Waals surface area contributed by atoms with Gasteiger partial charge in [-0.1, -0.05) is 23.4 Å². The Morgan fingerprint density at radius 1 is 1.29 bits per heavy atom. The second kappa shape index (κ2) is 7.22. The summed E-state index contributed by atoms with van der Waals surface area (Å²) in [6, 6.07) is 9.77. The molecule has 1 unspecified atom stereocenters. The maximum atomic E-state index is 5.64. The van der Waals surface area contributed by atoms with Crippen molar-refractivity contribution in [2.45, 2.75) is 25.7 Å². The minimum Gasteiger partial charge on any atom is -0.493 e. The van der Waals surface area contributed by atoms with Crippen LogP contribution in [0.15, 0.2) is 34.9 Å². The summed E-state index contributed by atoms with van der Waals surface area (Å²) >= 11 is 0. The van der Waals surface area contributed by atoms with Crippen molar-refractivity contribution in [1.82, 2.24) is 15.5 Å². The molecule has 3 rings (SSSR count). The molecule has 1 aromatic carbocycles. The average Bonchev–Trinajstić information content (AvgIpc) is 2.97. The van der Waals surface area contributed by atoms with Crippen LogP contribution in [0.4, 0.5) is 0 Å². The van der Waals surface area contributed by atoms with Crippen LogP contribution in [0.1, 0.15) is 24.6 Å². The molecule has 1 atom stereocenters. The third-order valence-corrected chi connectivity index (χ3v) is 3.71. The smallest absolute Gasteiger partial charge is 0.226 e. The Kier molecular flexibility index (Phi) is 4.84. The molecule has 0 spiro atoms. The predicted molar refractivity (Wildman–Crippen MR) is 79.2 cm³/mol. The van der Waals surface area contributed by atoms with Crippen molar-refractivity contribution < 1.29 is 9.26 Å². The fraction of sp³-hybridized carbons (Fsp3) is 0.500. The van der Waals surface area contributed by atoms with E-state index in [0.29, 0.717) is 18.9 Å². The van der Waals surface area contributed by atoms with Gasteiger partial charge < -0.3 is 14.6 Å². The molecule has 0 radical (unpaired) electrons. The Morgan fingerprint density at radius 2 is 2.19 bits per heavy atom. The summed E-state index contributed by atoms with van der Waals surface area (Å²) in [6.45, 7) is 2.74. The Morgan fingerprint density at radius 3 is 3.00 bits per heavy atom. The topological polar surface area (TPSA) is 60.2 Å². The molecule has 2 heterocycles. The van der Waals surface area contributed by atoms with Gasteiger partial charge in [0.2, 0.25) is 5.89 Å². The van der Waals surface area contributed by atoms with E-state index < -0.39 is 0 Å². The van der Waals surface area contributed by atoms with Gasteiger partial charge in [0.1, 0.15) is 5.75 Å². The molecule has 0 amide bonds. The third-order valence-electron chi connectivity index (χ3n) is 3.71. The van der Waals surface area contributed by atoms with Gasteiger partial charge in [0.15, 0.2) is 5.82 Å². The van der Waals surface area contributed by atoms with Crippen molar-refractivity contribution in [3.05, 3.63) is 42.0 Å². The summed E-state index contributed by atoms with van der Waals surface area (Å²) in [5.41, 5.74) is 0. The van der Waals surface area contributed by atoms with Crippen LogP contribution >= 0.6 is 0 Å². The van der Waals surface area contributed by atoms with E-state index in [0.717, 1.165) is 37.0 Å². The van der Waals surface area contributed by atoms with Crippen LogP contribution in [0.3, 0.4) is 0 Å². The maximum Gasteiger partial charge on any atom is 0.226 e. The molecule has 1 N–H and O–H groups in total. The monoisotopic (exact) mass is 287 g/mol. The summed E-state index contributed by atoms with van der Waals surface area (Å²) in [5.74, 6) is 2.96. The SMILES string of the molecule is c1ccc(OCCc2noc(CC3CCCNC3)n2)cc1. The molecule has 2 aromatic rings. The molecular formula is C16H21N3O2. The molecular weight excluding hydrogens is 266 g/mol. The van der Waals surface area contributed by atoms with E-state index in [1.54, 1.807) is 0 Å². The van der Waals surface area contributed by atoms with Gasteiger partial charge in [-0.25, -0.2) is 0 Å². The van der Waals surface area contributed by atoms with E-state index in [1.807, 2.05) is 30.3 Å². The Hall–Kier alpha value is -1.88. The van der Waals surface area contributed by atoms with Crippen molar-refractivity contribution in [2.24, 2.45) is 5.92 Å². The van der Waals surface area contributed by atoms with Gasteiger partial charge >= 0.3 is 0 Å². The Labute approximate surface area is 124 Å². The standard InChI is InChI=1S/C16H21N3O2/c1-2-6-14(7-3-1)20-10-8-15-18-16(21-19-15)11-13-5-4-9-17-12-13/h1-3,6-7,13,17H,4-5,8-12H2. The summed E-state index contributed by atoms with van der Waals surface area (Å²) in [7, 11) is 0. The Bertz CT molecular complexity index is 535. The molecule has 0 aliphatic carbocycles. The van der Waals surface area contributed by atoms with Crippen molar-refractivity contribution in [2.75, 3.05) is 19.7 Å². The highest BCUT2D eigenvalue weighted by Crippen LogP contribution is 2.15. The normalized spacial score (nSPS) is 18.6. The highest BCUT2D eigenvalue weighted by atomic mass is 16.5. The van der Waals surface area contributed by atoms with Gasteiger partial charge in [0.25, 0.3) is 0 Å². The molecule has 21 heavy (non-hydrogen) atoms. The number of para-hydroxylation sites is 1. The van der Waals surface area contributed by atoms with Crippen molar-refractivity contribution in [3.63, 3.8) is 0 Å². The Balaban J connectivity index is 1.44. The number of ether oxygens (including phenoxy) is 1. The number of rotatable bonds is 6. The minimum absolute atomic E-state index is 0.563. The number of aromatic nitrogens is 2. The van der Waals surface area contributed by atoms with Crippen molar-refractivity contribution >= 4 is 0 Å². The van der Waals surface area contributed by atoms with Crippen LogP contribution in [0.25, 0.3) is 0 Å². The lowest BCUT2D eigenvalue weighted by Gasteiger charge is -2.20. The highest BCUT2D eigenvalue weighted by Gasteiger charge is 2.17. The zero-order chi connectivity index (χ0) is 14.3. The van der Waals surface area contributed by atoms with E-state index >= 15 is 0 Å². The molecule has 5 heteroatoms. The molecule has 1 aromatic heterocycles. The van der Waals surface area contributed by atoms with Gasteiger partial charge in [0, 0.05) is 12.8 Å². The molecule has 0 bridgehead atoms. The fourth-order valence-electron chi connectivity index (χ4n) is 2.60. The zero-order valence-electron chi connectivity index (χ0n) is 12.1. The van der Waals surface area contributed by atoms with Crippen LogP contribution in [0.2, 0.25) is 0 Å². The molecule has 1 aliphatic rings. The van der Waals surface area contributed by atoms with Crippen molar-refractivity contribution in [3.8, 4) is 5.75 Å². The molecule has 0 saturated carbocycles.